The van der Waals surface area contributed by atoms with Crippen LogP contribution in [0.15, 0.2) is 102 Å². The standard InChI is InChI=1S/C53H68N6O7Si/c1-52(2,3)65-50(62)56-38-19-21-39(22-20-38)59(51(63)64)45-31-35(17-23-40(45)37-15-10-9-11-16-37)14-12-13-29-58-34-55-43-30-36(18-26-44(43)58)32-54-33-47(66-67(7,8)53(4,5)6)41-24-27-46(60)49-42(41)25-28-48(61)57-49/h9-11,15-18,23-28,30-31,34,38-39,47,54,60H,12-14,19-22,29,32-33H2,1-8H3,(H,56,62)(H,57,61)(H,63,64)/t38-,39-,47-/m0/s1. The number of aromatic hydroxyl groups is 1. The first kappa shape index (κ1) is 49.0. The quantitative estimate of drug-likeness (QED) is 0.0468. The first-order valence-electron chi connectivity index (χ1n) is 23.6. The second-order valence-electron chi connectivity index (χ2n) is 20.5. The van der Waals surface area contributed by atoms with Crippen molar-refractivity contribution in [2.75, 3.05) is 11.4 Å². The number of fused-ring (bicyclic) bond motifs is 2. The summed E-state index contributed by atoms with van der Waals surface area (Å²) in [6.07, 6.45) is 5.35. The Labute approximate surface area is 395 Å². The van der Waals surface area contributed by atoms with E-state index in [0.29, 0.717) is 50.0 Å². The van der Waals surface area contributed by atoms with E-state index in [4.69, 9.17) is 14.1 Å². The fourth-order valence-corrected chi connectivity index (χ4v) is 10.1. The second-order valence-corrected chi connectivity index (χ2v) is 25.3. The van der Waals surface area contributed by atoms with Gasteiger partial charge in [-0.05, 0) is 136 Å². The number of alkyl carbamates (subject to hydrolysis) is 1. The number of imidazole rings is 1. The first-order valence-corrected chi connectivity index (χ1v) is 26.5. The van der Waals surface area contributed by atoms with Gasteiger partial charge in [-0.15, -0.1) is 0 Å². The van der Waals surface area contributed by atoms with Crippen LogP contribution in [-0.4, -0.2) is 69.5 Å². The smallest absolute Gasteiger partial charge is 0.412 e. The highest BCUT2D eigenvalue weighted by Gasteiger charge is 2.40. The molecule has 0 aliphatic heterocycles. The Morgan fingerprint density at radius 2 is 1.64 bits per heavy atom. The fourth-order valence-electron chi connectivity index (χ4n) is 8.85. The molecule has 0 unspecified atom stereocenters. The molecule has 1 saturated carbocycles. The molecular formula is C53H68N6O7Si. The van der Waals surface area contributed by atoms with Gasteiger partial charge < -0.3 is 39.6 Å². The molecule has 1 atom stereocenters. The number of phenols is 1. The Balaban J connectivity index is 0.988. The summed E-state index contributed by atoms with van der Waals surface area (Å²) < 4.78 is 14.7. The van der Waals surface area contributed by atoms with E-state index in [1.807, 2.05) is 63.5 Å². The van der Waals surface area contributed by atoms with Gasteiger partial charge >= 0.3 is 12.2 Å². The molecule has 67 heavy (non-hydrogen) atoms. The van der Waals surface area contributed by atoms with Crippen LogP contribution in [0.25, 0.3) is 33.1 Å². The minimum absolute atomic E-state index is 0.0240. The molecule has 6 aromatic rings. The third-order valence-electron chi connectivity index (χ3n) is 13.4. The van der Waals surface area contributed by atoms with Gasteiger partial charge in [-0.2, -0.15) is 0 Å². The summed E-state index contributed by atoms with van der Waals surface area (Å²) in [6, 6.07) is 29.0. The van der Waals surface area contributed by atoms with Crippen molar-refractivity contribution < 1.29 is 29.0 Å². The SMILES string of the molecule is CC(C)(C)OC(=O)N[C@H]1CC[C@H](N(C(=O)O)c2cc(CCCCn3cnc4cc(CNC[C@H](O[Si](C)(C)C(C)(C)C)c5ccc(O)c6[nH]c(=O)ccc56)ccc43)ccc2-c2ccccc2)CC1. The molecule has 0 spiro atoms. The molecule has 13 nitrogen and oxygen atoms in total. The van der Waals surface area contributed by atoms with Crippen molar-refractivity contribution in [3.8, 4) is 16.9 Å². The highest BCUT2D eigenvalue weighted by Crippen LogP contribution is 2.42. The van der Waals surface area contributed by atoms with Crippen LogP contribution in [0, 0.1) is 0 Å². The van der Waals surface area contributed by atoms with E-state index in [-0.39, 0.29) is 34.5 Å². The second kappa shape index (κ2) is 20.5. The van der Waals surface area contributed by atoms with Gasteiger partial charge in [0.2, 0.25) is 5.56 Å². The molecule has 0 bridgehead atoms. The predicted octanol–water partition coefficient (Wildman–Crippen LogP) is 11.4. The lowest BCUT2D eigenvalue weighted by Crippen LogP contribution is -2.47. The fraction of sp³-hybridized carbons (Fsp3) is 0.434. The van der Waals surface area contributed by atoms with Gasteiger partial charge in [-0.25, -0.2) is 14.6 Å². The summed E-state index contributed by atoms with van der Waals surface area (Å²) >= 11 is 0. The van der Waals surface area contributed by atoms with Crippen LogP contribution < -0.4 is 21.1 Å². The number of unbranched alkanes of at least 4 members (excludes halogenated alkanes) is 1. The van der Waals surface area contributed by atoms with Gasteiger partial charge in [0.25, 0.3) is 0 Å². The molecule has 7 rings (SSSR count). The lowest BCUT2D eigenvalue weighted by molar-refractivity contribution is 0.0490. The minimum Gasteiger partial charge on any atom is -0.506 e. The molecule has 0 saturated heterocycles. The number of ether oxygens (including phenoxy) is 1. The molecule has 2 heterocycles. The van der Waals surface area contributed by atoms with E-state index >= 15 is 0 Å². The molecule has 356 valence electrons. The number of nitrogens with one attached hydrogen (secondary N) is 3. The summed E-state index contributed by atoms with van der Waals surface area (Å²) in [5.74, 6) is 0.0261. The van der Waals surface area contributed by atoms with E-state index in [1.165, 1.54) is 6.07 Å². The van der Waals surface area contributed by atoms with E-state index in [2.05, 4.69) is 90.4 Å². The number of carbonyl (C=O) groups is 2. The number of phenolic OH excluding ortho intramolecular Hbond substituents is 1. The van der Waals surface area contributed by atoms with Crippen LogP contribution in [0.4, 0.5) is 15.3 Å². The summed E-state index contributed by atoms with van der Waals surface area (Å²) in [4.78, 5) is 46.9. The number of pyridine rings is 1. The topological polar surface area (TPSA) is 171 Å². The van der Waals surface area contributed by atoms with Crippen molar-refractivity contribution in [2.24, 2.45) is 0 Å². The van der Waals surface area contributed by atoms with Crippen LogP contribution in [-0.2, 0) is 28.7 Å². The zero-order chi connectivity index (χ0) is 48.1. The molecule has 1 fully saturated rings. The average Bonchev–Trinajstić information content (AvgIpc) is 3.67. The molecule has 14 heteroatoms. The van der Waals surface area contributed by atoms with Crippen LogP contribution >= 0.6 is 0 Å². The number of carboxylic acid groups (broad SMARTS) is 1. The van der Waals surface area contributed by atoms with E-state index in [0.717, 1.165) is 70.0 Å². The maximum Gasteiger partial charge on any atom is 0.412 e. The molecule has 0 radical (unpaired) electrons. The van der Waals surface area contributed by atoms with Gasteiger partial charge in [0.15, 0.2) is 8.32 Å². The zero-order valence-corrected chi connectivity index (χ0v) is 41.3. The predicted molar refractivity (Wildman–Crippen MR) is 269 cm³/mol. The molecular weight excluding hydrogens is 861 g/mol. The Kier molecular flexibility index (Phi) is 15.0. The largest absolute Gasteiger partial charge is 0.506 e. The Morgan fingerprint density at radius 3 is 2.34 bits per heavy atom. The number of amides is 2. The Bertz CT molecular complexity index is 2730. The van der Waals surface area contributed by atoms with Gasteiger partial charge in [-0.1, -0.05) is 75.4 Å². The molecule has 2 amide bonds. The van der Waals surface area contributed by atoms with Gasteiger partial charge in [0.1, 0.15) is 11.4 Å². The molecule has 1 aliphatic rings. The van der Waals surface area contributed by atoms with E-state index < -0.39 is 26.1 Å². The Hall–Kier alpha value is -5.96. The minimum atomic E-state index is -2.23. The summed E-state index contributed by atoms with van der Waals surface area (Å²) in [7, 11) is -2.23. The number of benzene rings is 4. The lowest BCUT2D eigenvalue weighted by atomic mass is 9.89. The van der Waals surface area contributed by atoms with Gasteiger partial charge in [0.05, 0.1) is 34.7 Å². The van der Waals surface area contributed by atoms with E-state index in [9.17, 15) is 24.6 Å². The number of carbonyl (C=O) groups excluding carboxylic acids is 1. The number of rotatable bonds is 16. The highest BCUT2D eigenvalue weighted by molar-refractivity contribution is 6.74. The van der Waals surface area contributed by atoms with Crippen molar-refractivity contribution in [3.05, 3.63) is 124 Å². The third kappa shape index (κ3) is 12.1. The number of hydrogen-bond acceptors (Lipinski definition) is 8. The lowest BCUT2D eigenvalue weighted by Gasteiger charge is -2.39. The van der Waals surface area contributed by atoms with Gasteiger partial charge in [0, 0.05) is 48.7 Å². The average molecular weight is 929 g/mol. The number of aromatic amines is 1. The summed E-state index contributed by atoms with van der Waals surface area (Å²) in [5, 5.41) is 28.7. The number of aryl methyl sites for hydroxylation is 2. The number of H-pyrrole nitrogens is 1. The monoisotopic (exact) mass is 928 g/mol. The number of aromatic nitrogens is 3. The van der Waals surface area contributed by atoms with Crippen LogP contribution in [0.5, 0.6) is 5.75 Å². The summed E-state index contributed by atoms with van der Waals surface area (Å²) in [6.45, 7) is 18.5. The molecule has 4 aromatic carbocycles. The number of hydrogen-bond donors (Lipinski definition) is 5. The van der Waals surface area contributed by atoms with Crippen molar-refractivity contribution in [3.63, 3.8) is 0 Å². The molecule has 2 aromatic heterocycles. The van der Waals surface area contributed by atoms with E-state index in [1.54, 1.807) is 17.0 Å². The Morgan fingerprint density at radius 1 is 0.910 bits per heavy atom. The van der Waals surface area contributed by atoms with Crippen molar-refractivity contribution in [2.45, 2.75) is 141 Å². The highest BCUT2D eigenvalue weighted by atomic mass is 28.4. The molecule has 5 N–H and O–H groups in total. The van der Waals surface area contributed by atoms with Crippen molar-refractivity contribution in [1.82, 2.24) is 25.2 Å². The first-order chi connectivity index (χ1) is 31.8. The van der Waals surface area contributed by atoms with Crippen LogP contribution in [0.2, 0.25) is 18.1 Å². The van der Waals surface area contributed by atoms with Crippen LogP contribution in [0.3, 0.4) is 0 Å². The van der Waals surface area contributed by atoms with Crippen molar-refractivity contribution >= 4 is 48.1 Å². The number of anilines is 1. The summed E-state index contributed by atoms with van der Waals surface area (Å²) in [5.41, 5.74) is 7.15. The third-order valence-corrected chi connectivity index (χ3v) is 17.8. The maximum atomic E-state index is 13.1. The zero-order valence-electron chi connectivity index (χ0n) is 40.3. The van der Waals surface area contributed by atoms with Gasteiger partial charge in [-0.3, -0.25) is 9.69 Å². The number of nitrogens with zero attached hydrogens (tertiary/aromatic N) is 3. The van der Waals surface area contributed by atoms with Crippen molar-refractivity contribution in [1.29, 1.82) is 0 Å². The maximum absolute atomic E-state index is 13.1. The van der Waals surface area contributed by atoms with Crippen LogP contribution in [0.1, 0.15) is 103 Å². The molecule has 1 aliphatic carbocycles. The normalized spacial score (nSPS) is 16.2.